The Morgan fingerprint density at radius 1 is 1.11 bits per heavy atom. The zero-order valence-corrected chi connectivity index (χ0v) is 9.79. The van der Waals surface area contributed by atoms with Crippen LogP contribution >= 0.6 is 0 Å². The molecule has 1 aromatic carbocycles. The van der Waals surface area contributed by atoms with Gasteiger partial charge in [0.15, 0.2) is 0 Å². The maximum atomic E-state index is 10.8. The molecule has 0 aliphatic heterocycles. The number of carbonyl (C=O) groups is 2. The lowest BCUT2D eigenvalue weighted by Crippen LogP contribution is -2.01. The van der Waals surface area contributed by atoms with Crippen molar-refractivity contribution in [3.63, 3.8) is 0 Å². The van der Waals surface area contributed by atoms with Gasteiger partial charge in [0.25, 0.3) is 0 Å². The molecule has 0 unspecified atom stereocenters. The molecular weight excluding hydrogens is 250 g/mol. The van der Waals surface area contributed by atoms with Gasteiger partial charge in [0.1, 0.15) is 12.0 Å². The van der Waals surface area contributed by atoms with Crippen LogP contribution in [-0.2, 0) is 6.54 Å². The van der Waals surface area contributed by atoms with E-state index < -0.39 is 11.9 Å². The van der Waals surface area contributed by atoms with Gasteiger partial charge >= 0.3 is 11.9 Å². The first-order valence-corrected chi connectivity index (χ1v) is 5.44. The molecule has 2 aromatic rings. The van der Waals surface area contributed by atoms with Gasteiger partial charge in [-0.3, -0.25) is 0 Å². The fraction of sp³-hybridized carbons (Fsp3) is 0.0769. The monoisotopic (exact) mass is 261 g/mol. The van der Waals surface area contributed by atoms with Crippen LogP contribution in [0.2, 0.25) is 0 Å². The molecule has 98 valence electrons. The van der Waals surface area contributed by atoms with E-state index in [1.807, 2.05) is 0 Å². The molecule has 0 bridgehead atoms. The molecule has 0 spiro atoms. The number of carboxylic acids is 2. The summed E-state index contributed by atoms with van der Waals surface area (Å²) < 4.78 is 5.07. The van der Waals surface area contributed by atoms with E-state index in [0.717, 1.165) is 6.26 Å². The summed E-state index contributed by atoms with van der Waals surface area (Å²) in [7, 11) is 0. The van der Waals surface area contributed by atoms with Crippen LogP contribution in [0.3, 0.4) is 0 Å². The quantitative estimate of drug-likeness (QED) is 0.763. The first-order chi connectivity index (χ1) is 9.06. The second-order valence-corrected chi connectivity index (χ2v) is 3.85. The van der Waals surface area contributed by atoms with Crippen molar-refractivity contribution < 1.29 is 24.2 Å². The highest BCUT2D eigenvalue weighted by molar-refractivity contribution is 5.88. The summed E-state index contributed by atoms with van der Waals surface area (Å²) in [6, 6.07) is 7.73. The lowest BCUT2D eigenvalue weighted by Gasteiger charge is -2.04. The van der Waals surface area contributed by atoms with Crippen molar-refractivity contribution in [1.29, 1.82) is 0 Å². The van der Waals surface area contributed by atoms with Gasteiger partial charge in [0, 0.05) is 5.69 Å². The predicted octanol–water partition coefficient (Wildman–Crippen LogP) is 2.29. The highest BCUT2D eigenvalue weighted by Crippen LogP contribution is 2.14. The minimum Gasteiger partial charge on any atom is -0.478 e. The molecule has 1 heterocycles. The number of furan rings is 1. The van der Waals surface area contributed by atoms with Gasteiger partial charge < -0.3 is 19.9 Å². The maximum Gasteiger partial charge on any atom is 0.338 e. The lowest BCUT2D eigenvalue weighted by atomic mass is 10.2. The molecule has 1 aromatic heterocycles. The Balaban J connectivity index is 2.03. The number of benzene rings is 1. The van der Waals surface area contributed by atoms with Gasteiger partial charge in [0.2, 0.25) is 0 Å². The maximum absolute atomic E-state index is 10.8. The fourth-order valence-electron chi connectivity index (χ4n) is 1.54. The van der Waals surface area contributed by atoms with E-state index in [9.17, 15) is 9.59 Å². The largest absolute Gasteiger partial charge is 0.478 e. The van der Waals surface area contributed by atoms with E-state index in [4.69, 9.17) is 14.6 Å². The third-order valence-corrected chi connectivity index (χ3v) is 2.48. The number of carboxylic acid groups (broad SMARTS) is 2. The van der Waals surface area contributed by atoms with Crippen molar-refractivity contribution in [1.82, 2.24) is 0 Å². The van der Waals surface area contributed by atoms with Crippen LogP contribution in [0.25, 0.3) is 0 Å². The number of nitrogens with one attached hydrogen (secondary N) is 1. The van der Waals surface area contributed by atoms with Gasteiger partial charge in [-0.25, -0.2) is 9.59 Å². The molecule has 19 heavy (non-hydrogen) atoms. The predicted molar refractivity (Wildman–Crippen MR) is 66.4 cm³/mol. The number of anilines is 1. The smallest absolute Gasteiger partial charge is 0.338 e. The van der Waals surface area contributed by atoms with Crippen molar-refractivity contribution in [3.05, 3.63) is 53.5 Å². The summed E-state index contributed by atoms with van der Waals surface area (Å²) in [5, 5.41) is 20.5. The number of hydrogen-bond donors (Lipinski definition) is 3. The second-order valence-electron chi connectivity index (χ2n) is 3.85. The van der Waals surface area contributed by atoms with Gasteiger partial charge in [-0.2, -0.15) is 0 Å². The Morgan fingerprint density at radius 2 is 1.84 bits per heavy atom. The zero-order chi connectivity index (χ0) is 13.8. The van der Waals surface area contributed by atoms with Crippen molar-refractivity contribution in [2.45, 2.75) is 6.54 Å². The minimum atomic E-state index is -1.05. The van der Waals surface area contributed by atoms with Crippen molar-refractivity contribution >= 4 is 17.6 Å². The van der Waals surface area contributed by atoms with Crippen molar-refractivity contribution in [2.24, 2.45) is 0 Å². The fourth-order valence-corrected chi connectivity index (χ4v) is 1.54. The molecule has 0 aliphatic carbocycles. The highest BCUT2D eigenvalue weighted by Gasteiger charge is 2.08. The molecule has 0 saturated carbocycles. The van der Waals surface area contributed by atoms with E-state index >= 15 is 0 Å². The van der Waals surface area contributed by atoms with Crippen LogP contribution < -0.4 is 5.32 Å². The first kappa shape index (κ1) is 12.7. The number of rotatable bonds is 5. The van der Waals surface area contributed by atoms with Gasteiger partial charge in [0.05, 0.1) is 17.7 Å². The molecule has 0 saturated heterocycles. The van der Waals surface area contributed by atoms with E-state index in [0.29, 0.717) is 11.4 Å². The normalized spacial score (nSPS) is 10.1. The van der Waals surface area contributed by atoms with Gasteiger partial charge in [-0.1, -0.05) is 6.07 Å². The Hall–Kier alpha value is -2.76. The van der Waals surface area contributed by atoms with E-state index in [1.165, 1.54) is 18.2 Å². The molecule has 0 atom stereocenters. The summed E-state index contributed by atoms with van der Waals surface area (Å²) in [5.41, 5.74) is 0.875. The third-order valence-electron chi connectivity index (χ3n) is 2.48. The minimum absolute atomic E-state index is 0.0797. The van der Waals surface area contributed by atoms with E-state index in [1.54, 1.807) is 12.1 Å². The Labute approximate surface area is 108 Å². The summed E-state index contributed by atoms with van der Waals surface area (Å²) in [4.78, 5) is 21.5. The molecule has 0 aliphatic rings. The zero-order valence-electron chi connectivity index (χ0n) is 9.79. The van der Waals surface area contributed by atoms with Crippen LogP contribution in [0.4, 0.5) is 5.69 Å². The molecule has 0 fully saturated rings. The van der Waals surface area contributed by atoms with Gasteiger partial charge in [-0.15, -0.1) is 0 Å². The van der Waals surface area contributed by atoms with Crippen LogP contribution in [0.1, 0.15) is 26.5 Å². The molecule has 0 radical (unpaired) electrons. The molecule has 6 nitrogen and oxygen atoms in total. The summed E-state index contributed by atoms with van der Waals surface area (Å²) >= 11 is 0. The second kappa shape index (κ2) is 5.26. The summed E-state index contributed by atoms with van der Waals surface area (Å²) in [6.45, 7) is 0.274. The van der Waals surface area contributed by atoms with E-state index in [-0.39, 0.29) is 17.7 Å². The average molecular weight is 261 g/mol. The number of aromatic carboxylic acids is 2. The van der Waals surface area contributed by atoms with Gasteiger partial charge in [-0.05, 0) is 24.3 Å². The SMILES string of the molecule is O=C(O)c1cccc(NCc2cc(C(=O)O)co2)c1. The Kier molecular flexibility index (Phi) is 3.51. The average Bonchev–Trinajstić information content (AvgIpc) is 2.85. The molecule has 2 rings (SSSR count). The van der Waals surface area contributed by atoms with Crippen LogP contribution in [0.5, 0.6) is 0 Å². The molecule has 0 amide bonds. The van der Waals surface area contributed by atoms with Crippen LogP contribution in [-0.4, -0.2) is 22.2 Å². The van der Waals surface area contributed by atoms with Crippen LogP contribution in [0, 0.1) is 0 Å². The molecule has 6 heteroatoms. The summed E-state index contributed by atoms with van der Waals surface area (Å²) in [5.74, 6) is -1.60. The van der Waals surface area contributed by atoms with Crippen molar-refractivity contribution in [2.75, 3.05) is 5.32 Å². The Morgan fingerprint density at radius 3 is 2.47 bits per heavy atom. The molecule has 3 N–H and O–H groups in total. The van der Waals surface area contributed by atoms with Crippen molar-refractivity contribution in [3.8, 4) is 0 Å². The standard InChI is InChI=1S/C13H11NO5/c15-12(16)8-2-1-3-10(4-8)14-6-11-5-9(7-19-11)13(17)18/h1-5,7,14H,6H2,(H,15,16)(H,17,18). The van der Waals surface area contributed by atoms with Crippen LogP contribution in [0.15, 0.2) is 41.0 Å². The molecular formula is C13H11NO5. The van der Waals surface area contributed by atoms with E-state index in [2.05, 4.69) is 5.32 Å². The number of hydrogen-bond acceptors (Lipinski definition) is 4. The highest BCUT2D eigenvalue weighted by atomic mass is 16.4. The lowest BCUT2D eigenvalue weighted by molar-refractivity contribution is 0.0685. The summed E-state index contributed by atoms with van der Waals surface area (Å²) in [6.07, 6.45) is 1.16. The third kappa shape index (κ3) is 3.12. The first-order valence-electron chi connectivity index (χ1n) is 5.44. The topological polar surface area (TPSA) is 99.8 Å². The Bertz CT molecular complexity index is 617.